The maximum atomic E-state index is 12.5. The third kappa shape index (κ3) is 4.41. The summed E-state index contributed by atoms with van der Waals surface area (Å²) in [7, 11) is 1.81. The Kier molecular flexibility index (Phi) is 7.01. The van der Waals surface area contributed by atoms with E-state index in [1.165, 1.54) is 11.4 Å². The molecule has 1 aromatic carbocycles. The molecule has 3 aromatic rings. The number of aromatic carboxylic acids is 1. The molecule has 5 rings (SSSR count). The van der Waals surface area contributed by atoms with Crippen LogP contribution in [0.1, 0.15) is 36.0 Å². The molecule has 0 unspecified atom stereocenters. The van der Waals surface area contributed by atoms with Gasteiger partial charge < -0.3 is 20.2 Å². The SMILES string of the molecule is CN1CCc2cc(N3CCn4nc(NC(=O)c5csc(C(=O)O)c5)cc43)ccc2C1=O.Cl.Cl. The van der Waals surface area contributed by atoms with Gasteiger partial charge in [-0.05, 0) is 36.2 Å². The molecule has 2 aliphatic rings. The smallest absolute Gasteiger partial charge is 0.345 e. The first-order chi connectivity index (χ1) is 14.9. The topological polar surface area (TPSA) is 108 Å². The first kappa shape index (κ1) is 24.6. The van der Waals surface area contributed by atoms with Crippen LogP contribution in [0.15, 0.2) is 35.7 Å². The number of thiophene rings is 1. The molecule has 174 valence electrons. The highest BCUT2D eigenvalue weighted by molar-refractivity contribution is 7.12. The van der Waals surface area contributed by atoms with Crippen molar-refractivity contribution in [3.8, 4) is 0 Å². The van der Waals surface area contributed by atoms with Gasteiger partial charge in [-0.1, -0.05) is 0 Å². The zero-order valence-electron chi connectivity index (χ0n) is 17.5. The molecule has 12 heteroatoms. The van der Waals surface area contributed by atoms with E-state index < -0.39 is 11.9 Å². The Hall–Kier alpha value is -3.08. The van der Waals surface area contributed by atoms with Crippen LogP contribution in [-0.2, 0) is 13.0 Å². The van der Waals surface area contributed by atoms with Crippen molar-refractivity contribution >= 4 is 71.3 Å². The fraction of sp³-hybridized carbons (Fsp3) is 0.238. The van der Waals surface area contributed by atoms with Gasteiger partial charge in [-0.3, -0.25) is 9.59 Å². The second kappa shape index (κ2) is 9.42. The number of aromatic nitrogens is 2. The molecule has 0 spiro atoms. The molecule has 0 fully saturated rings. The number of nitrogens with zero attached hydrogens (tertiary/aromatic N) is 4. The van der Waals surface area contributed by atoms with E-state index in [1.807, 2.05) is 23.9 Å². The van der Waals surface area contributed by atoms with E-state index in [1.54, 1.807) is 11.0 Å². The molecule has 0 saturated heterocycles. The predicted molar refractivity (Wildman–Crippen MR) is 130 cm³/mol. The number of hydrogen-bond donors (Lipinski definition) is 2. The van der Waals surface area contributed by atoms with Crippen LogP contribution in [0.25, 0.3) is 0 Å². The predicted octanol–water partition coefficient (Wildman–Crippen LogP) is 3.52. The lowest BCUT2D eigenvalue weighted by Crippen LogP contribution is -2.34. The summed E-state index contributed by atoms with van der Waals surface area (Å²) in [6, 6.07) is 9.02. The second-order valence-electron chi connectivity index (χ2n) is 7.54. The maximum absolute atomic E-state index is 12.5. The van der Waals surface area contributed by atoms with Crippen molar-refractivity contribution in [2.75, 3.05) is 30.4 Å². The third-order valence-corrected chi connectivity index (χ3v) is 6.50. The number of carboxylic acids is 1. The van der Waals surface area contributed by atoms with Crippen LogP contribution >= 0.6 is 36.2 Å². The second-order valence-corrected chi connectivity index (χ2v) is 8.45. The minimum absolute atomic E-state index is 0. The number of carbonyl (C=O) groups excluding carboxylic acids is 2. The molecule has 4 heterocycles. The van der Waals surface area contributed by atoms with Gasteiger partial charge in [0.1, 0.15) is 10.7 Å². The van der Waals surface area contributed by atoms with Crippen LogP contribution in [0.4, 0.5) is 17.3 Å². The van der Waals surface area contributed by atoms with Gasteiger partial charge in [0.15, 0.2) is 5.82 Å². The van der Waals surface area contributed by atoms with E-state index in [0.29, 0.717) is 18.9 Å². The fourth-order valence-corrected chi connectivity index (χ4v) is 4.66. The molecule has 2 N–H and O–H groups in total. The minimum Gasteiger partial charge on any atom is -0.477 e. The van der Waals surface area contributed by atoms with Crippen molar-refractivity contribution in [2.45, 2.75) is 13.0 Å². The van der Waals surface area contributed by atoms with Crippen molar-refractivity contribution in [1.82, 2.24) is 14.7 Å². The molecule has 2 aliphatic heterocycles. The summed E-state index contributed by atoms with van der Waals surface area (Å²) >= 11 is 1.01. The van der Waals surface area contributed by atoms with E-state index in [0.717, 1.165) is 46.9 Å². The monoisotopic (exact) mass is 509 g/mol. The number of fused-ring (bicyclic) bond motifs is 2. The molecule has 0 bridgehead atoms. The number of likely N-dealkylation sites (N-methyl/N-ethyl adjacent to an activating group) is 1. The standard InChI is InChI=1S/C21H19N5O4S.2ClH/c1-24-5-4-12-8-14(2-3-15(12)20(24)28)25-6-7-26-18(25)10-17(23-26)22-19(27)13-9-16(21(29)30)31-11-13;;/h2-3,8-11H,4-7H2,1H3,(H,29,30)(H,22,23,27);2*1H. The van der Waals surface area contributed by atoms with Gasteiger partial charge in [-0.15, -0.1) is 36.2 Å². The molecule has 33 heavy (non-hydrogen) atoms. The summed E-state index contributed by atoms with van der Waals surface area (Å²) < 4.78 is 1.82. The largest absolute Gasteiger partial charge is 0.477 e. The number of hydrogen-bond acceptors (Lipinski definition) is 6. The normalized spacial score (nSPS) is 14.2. The number of nitrogens with one attached hydrogen (secondary N) is 1. The summed E-state index contributed by atoms with van der Waals surface area (Å²) in [5.41, 5.74) is 3.06. The average molecular weight is 510 g/mol. The molecular formula is C21H21Cl2N5O4S. The van der Waals surface area contributed by atoms with Crippen molar-refractivity contribution in [1.29, 1.82) is 0 Å². The highest BCUT2D eigenvalue weighted by atomic mass is 35.5. The van der Waals surface area contributed by atoms with Gasteiger partial charge in [0.2, 0.25) is 0 Å². The minimum atomic E-state index is -1.06. The first-order valence-electron chi connectivity index (χ1n) is 9.77. The van der Waals surface area contributed by atoms with E-state index in [9.17, 15) is 14.4 Å². The number of carboxylic acid groups (broad SMARTS) is 1. The van der Waals surface area contributed by atoms with Crippen LogP contribution in [0.5, 0.6) is 0 Å². The highest BCUT2D eigenvalue weighted by Gasteiger charge is 2.27. The van der Waals surface area contributed by atoms with Crippen molar-refractivity contribution in [2.24, 2.45) is 0 Å². The van der Waals surface area contributed by atoms with Gasteiger partial charge >= 0.3 is 5.97 Å². The van der Waals surface area contributed by atoms with Crippen molar-refractivity contribution < 1.29 is 19.5 Å². The highest BCUT2D eigenvalue weighted by Crippen LogP contribution is 2.34. The summed E-state index contributed by atoms with van der Waals surface area (Å²) in [6.07, 6.45) is 0.818. The Morgan fingerprint density at radius 2 is 1.91 bits per heavy atom. The lowest BCUT2D eigenvalue weighted by molar-refractivity contribution is 0.0701. The summed E-state index contributed by atoms with van der Waals surface area (Å²) in [5.74, 6) is -0.153. The number of halogens is 2. The zero-order chi connectivity index (χ0) is 21.7. The van der Waals surface area contributed by atoms with Crippen LogP contribution in [0.2, 0.25) is 0 Å². The Bertz CT molecular complexity index is 1240. The number of anilines is 3. The van der Waals surface area contributed by atoms with Gasteiger partial charge in [-0.2, -0.15) is 5.10 Å². The molecule has 0 radical (unpaired) electrons. The maximum Gasteiger partial charge on any atom is 0.345 e. The molecule has 2 aromatic heterocycles. The fourth-order valence-electron chi connectivity index (χ4n) is 3.94. The lowest BCUT2D eigenvalue weighted by Gasteiger charge is -2.26. The van der Waals surface area contributed by atoms with Crippen molar-refractivity contribution in [3.63, 3.8) is 0 Å². The molecule has 0 atom stereocenters. The van der Waals surface area contributed by atoms with Gasteiger partial charge in [0.25, 0.3) is 11.8 Å². The average Bonchev–Trinajstić information content (AvgIpc) is 3.46. The van der Waals surface area contributed by atoms with Gasteiger partial charge in [0, 0.05) is 42.8 Å². The number of benzene rings is 1. The number of amides is 2. The Morgan fingerprint density at radius 1 is 1.12 bits per heavy atom. The van der Waals surface area contributed by atoms with Crippen molar-refractivity contribution in [3.05, 3.63) is 57.3 Å². The Labute approximate surface area is 205 Å². The Morgan fingerprint density at radius 3 is 2.64 bits per heavy atom. The van der Waals surface area contributed by atoms with E-state index in [2.05, 4.69) is 21.4 Å². The number of rotatable bonds is 4. The molecule has 0 saturated carbocycles. The first-order valence-corrected chi connectivity index (χ1v) is 10.7. The zero-order valence-corrected chi connectivity index (χ0v) is 19.9. The van der Waals surface area contributed by atoms with E-state index >= 15 is 0 Å². The van der Waals surface area contributed by atoms with Gasteiger partial charge in [-0.25, -0.2) is 9.48 Å². The molecule has 0 aliphatic carbocycles. The summed E-state index contributed by atoms with van der Waals surface area (Å²) in [4.78, 5) is 39.8. The summed E-state index contributed by atoms with van der Waals surface area (Å²) in [6.45, 7) is 2.12. The van der Waals surface area contributed by atoms with Crippen LogP contribution in [0.3, 0.4) is 0 Å². The molecule has 2 amide bonds. The van der Waals surface area contributed by atoms with Crippen LogP contribution in [0, 0.1) is 0 Å². The quantitative estimate of drug-likeness (QED) is 0.556. The molecular weight excluding hydrogens is 489 g/mol. The van der Waals surface area contributed by atoms with Gasteiger partial charge in [0.05, 0.1) is 12.1 Å². The van der Waals surface area contributed by atoms with E-state index in [-0.39, 0.29) is 41.2 Å². The molecule has 9 nitrogen and oxygen atoms in total. The van der Waals surface area contributed by atoms with Crippen LogP contribution < -0.4 is 10.2 Å². The lowest BCUT2D eigenvalue weighted by atomic mass is 9.98. The third-order valence-electron chi connectivity index (χ3n) is 5.58. The van der Waals surface area contributed by atoms with E-state index in [4.69, 9.17) is 5.11 Å². The summed E-state index contributed by atoms with van der Waals surface area (Å²) in [5, 5.41) is 17.7. The Balaban J connectivity index is 0.00000153. The number of carbonyl (C=O) groups is 3. The van der Waals surface area contributed by atoms with Crippen LogP contribution in [-0.4, -0.2) is 57.7 Å².